The second-order valence-corrected chi connectivity index (χ2v) is 9.72. The van der Waals surface area contributed by atoms with Crippen LogP contribution in [0.25, 0.3) is 10.8 Å². The number of aliphatic hydroxyl groups is 1. The molecule has 0 aromatic heterocycles. The van der Waals surface area contributed by atoms with Crippen LogP contribution in [-0.2, 0) is 23.9 Å². The molecule has 8 nitrogen and oxygen atoms in total. The van der Waals surface area contributed by atoms with E-state index < -0.39 is 35.6 Å². The summed E-state index contributed by atoms with van der Waals surface area (Å²) in [7, 11) is 0. The molecular formula is C28H28N2O6. The summed E-state index contributed by atoms with van der Waals surface area (Å²) in [5.41, 5.74) is -0.570. The lowest BCUT2D eigenvalue weighted by Crippen LogP contribution is -2.55. The van der Waals surface area contributed by atoms with Gasteiger partial charge in [0.2, 0.25) is 5.91 Å². The highest BCUT2D eigenvalue weighted by Gasteiger charge is 2.71. The molecule has 8 heteroatoms. The minimum absolute atomic E-state index is 0.121. The van der Waals surface area contributed by atoms with Crippen molar-refractivity contribution >= 4 is 34.2 Å². The topological polar surface area (TPSA) is 96.4 Å². The first-order valence-electron chi connectivity index (χ1n) is 12.5. The van der Waals surface area contributed by atoms with Crippen LogP contribution in [0.4, 0.5) is 5.69 Å². The number of benzene rings is 2. The fourth-order valence-electron chi connectivity index (χ4n) is 6.16. The standard InChI is InChI=1S/C28H28N2O6/c31-15-6-14-30-24-26(33)29(20-11-10-18-7-1-2-8-19(18)17-20)13-5-12-28(24)23(25(30)32)22-21(36-28)9-3-4-16-35-27(22)34/h1-3,5,7-12,17,21-24,31H,4,6,13-16H2/t21-,22+,23+,24?,28+/m1/s1. The van der Waals surface area contributed by atoms with E-state index in [9.17, 15) is 19.5 Å². The Kier molecular flexibility index (Phi) is 5.65. The SMILES string of the molecule is O=C1OCCC=C[C@H]2O[C@]34C=CCN(c5ccc6ccccc6c5)C(=O)C3N(CCCO)C(=O)[C@@H]4[C@@H]12. The van der Waals surface area contributed by atoms with Gasteiger partial charge >= 0.3 is 5.97 Å². The Morgan fingerprint density at radius 1 is 1.03 bits per heavy atom. The summed E-state index contributed by atoms with van der Waals surface area (Å²) in [5, 5.41) is 11.6. The number of fused-ring (bicyclic) bond motifs is 3. The predicted molar refractivity (Wildman–Crippen MR) is 132 cm³/mol. The van der Waals surface area contributed by atoms with E-state index in [2.05, 4.69) is 0 Å². The summed E-state index contributed by atoms with van der Waals surface area (Å²) in [6, 6.07) is 12.8. The first kappa shape index (κ1) is 22.9. The highest BCUT2D eigenvalue weighted by Crippen LogP contribution is 2.53. The average Bonchev–Trinajstić information content (AvgIpc) is 3.25. The van der Waals surface area contributed by atoms with Crippen LogP contribution in [0.2, 0.25) is 0 Å². The third kappa shape index (κ3) is 3.39. The molecule has 0 radical (unpaired) electrons. The van der Waals surface area contributed by atoms with Crippen LogP contribution in [-0.4, -0.2) is 71.8 Å². The van der Waals surface area contributed by atoms with Crippen LogP contribution in [0, 0.1) is 11.8 Å². The van der Waals surface area contributed by atoms with E-state index in [0.29, 0.717) is 19.4 Å². The van der Waals surface area contributed by atoms with Crippen molar-refractivity contribution in [1.29, 1.82) is 0 Å². The maximum Gasteiger partial charge on any atom is 0.312 e. The Hall–Kier alpha value is -3.49. The lowest BCUT2D eigenvalue weighted by molar-refractivity contribution is -0.154. The molecular weight excluding hydrogens is 460 g/mol. The van der Waals surface area contributed by atoms with Crippen LogP contribution < -0.4 is 4.90 Å². The number of ether oxygens (including phenoxy) is 2. The van der Waals surface area contributed by atoms with Gasteiger partial charge < -0.3 is 24.4 Å². The summed E-state index contributed by atoms with van der Waals surface area (Å²) in [5.74, 6) is -2.77. The second kappa shape index (κ2) is 8.87. The van der Waals surface area contributed by atoms with Gasteiger partial charge in [0.25, 0.3) is 5.91 Å². The Labute approximate surface area is 208 Å². The smallest absolute Gasteiger partial charge is 0.312 e. The van der Waals surface area contributed by atoms with Gasteiger partial charge in [-0.3, -0.25) is 14.4 Å². The summed E-state index contributed by atoms with van der Waals surface area (Å²) >= 11 is 0. The van der Waals surface area contributed by atoms with Gasteiger partial charge in [-0.15, -0.1) is 0 Å². The number of carbonyl (C=O) groups is 3. The van der Waals surface area contributed by atoms with Crippen molar-refractivity contribution in [3.63, 3.8) is 0 Å². The molecule has 186 valence electrons. The molecule has 2 saturated heterocycles. The normalized spacial score (nSPS) is 31.5. The zero-order valence-corrected chi connectivity index (χ0v) is 19.8. The van der Waals surface area contributed by atoms with Gasteiger partial charge in [0, 0.05) is 25.4 Å². The molecule has 2 fully saturated rings. The van der Waals surface area contributed by atoms with E-state index in [1.165, 1.54) is 4.90 Å². The van der Waals surface area contributed by atoms with Gasteiger partial charge in [0.1, 0.15) is 17.6 Å². The lowest BCUT2D eigenvalue weighted by atomic mass is 9.77. The Bertz CT molecular complexity index is 1290. The van der Waals surface area contributed by atoms with E-state index in [0.717, 1.165) is 16.5 Å². The Balaban J connectivity index is 1.45. The molecule has 4 heterocycles. The number of esters is 1. The van der Waals surface area contributed by atoms with Crippen LogP contribution in [0.5, 0.6) is 0 Å². The summed E-state index contributed by atoms with van der Waals surface area (Å²) in [6.07, 6.45) is 7.62. The van der Waals surface area contributed by atoms with E-state index in [-0.39, 0.29) is 31.6 Å². The molecule has 1 unspecified atom stereocenters. The Morgan fingerprint density at radius 2 is 1.86 bits per heavy atom. The number of likely N-dealkylation sites (tertiary alicyclic amines) is 1. The molecule has 0 aliphatic carbocycles. The minimum Gasteiger partial charge on any atom is -0.465 e. The average molecular weight is 489 g/mol. The molecule has 2 aromatic carbocycles. The number of aliphatic hydroxyl groups excluding tert-OH is 1. The molecule has 4 aliphatic rings. The summed E-state index contributed by atoms with van der Waals surface area (Å²) in [4.78, 5) is 44.3. The first-order valence-corrected chi connectivity index (χ1v) is 12.5. The quantitative estimate of drug-likeness (QED) is 0.524. The number of carbonyl (C=O) groups excluding carboxylic acids is 3. The third-order valence-electron chi connectivity index (χ3n) is 7.72. The highest BCUT2D eigenvalue weighted by molar-refractivity contribution is 6.06. The number of hydrogen-bond donors (Lipinski definition) is 1. The van der Waals surface area contributed by atoms with Gasteiger partial charge in [0.05, 0.1) is 18.6 Å². The molecule has 0 saturated carbocycles. The number of anilines is 1. The summed E-state index contributed by atoms with van der Waals surface area (Å²) < 4.78 is 12.0. The molecule has 1 spiro atoms. The maximum absolute atomic E-state index is 14.3. The fraction of sp³-hybridized carbons (Fsp3) is 0.393. The van der Waals surface area contributed by atoms with Crippen LogP contribution in [0.1, 0.15) is 12.8 Å². The number of amides is 2. The second-order valence-electron chi connectivity index (χ2n) is 9.72. The van der Waals surface area contributed by atoms with Gasteiger partial charge in [0.15, 0.2) is 0 Å². The van der Waals surface area contributed by atoms with E-state index in [1.54, 1.807) is 4.90 Å². The summed E-state index contributed by atoms with van der Waals surface area (Å²) in [6.45, 7) is 0.622. The van der Waals surface area contributed by atoms with Gasteiger partial charge in [-0.05, 0) is 35.7 Å². The lowest BCUT2D eigenvalue weighted by Gasteiger charge is -2.35. The number of rotatable bonds is 4. The molecule has 5 atom stereocenters. The molecule has 36 heavy (non-hydrogen) atoms. The molecule has 1 N–H and O–H groups in total. The fourth-order valence-corrected chi connectivity index (χ4v) is 6.16. The zero-order chi connectivity index (χ0) is 24.9. The van der Waals surface area contributed by atoms with Crippen molar-refractivity contribution in [1.82, 2.24) is 4.90 Å². The van der Waals surface area contributed by atoms with Crippen molar-refractivity contribution < 1.29 is 29.0 Å². The van der Waals surface area contributed by atoms with Crippen LogP contribution in [0.15, 0.2) is 66.8 Å². The van der Waals surface area contributed by atoms with Crippen LogP contribution in [0.3, 0.4) is 0 Å². The monoisotopic (exact) mass is 488 g/mol. The van der Waals surface area contributed by atoms with E-state index >= 15 is 0 Å². The highest BCUT2D eigenvalue weighted by atomic mass is 16.6. The van der Waals surface area contributed by atoms with Gasteiger partial charge in [-0.25, -0.2) is 0 Å². The predicted octanol–water partition coefficient (Wildman–Crippen LogP) is 2.21. The van der Waals surface area contributed by atoms with Gasteiger partial charge in [-0.2, -0.15) is 0 Å². The molecule has 2 aromatic rings. The largest absolute Gasteiger partial charge is 0.465 e. The van der Waals surface area contributed by atoms with Crippen molar-refractivity contribution in [2.24, 2.45) is 11.8 Å². The molecule has 4 aliphatic heterocycles. The van der Waals surface area contributed by atoms with E-state index in [1.807, 2.05) is 66.8 Å². The molecule has 0 bridgehead atoms. The number of nitrogens with zero attached hydrogens (tertiary/aromatic N) is 2. The third-order valence-corrected chi connectivity index (χ3v) is 7.72. The van der Waals surface area contributed by atoms with Crippen molar-refractivity contribution in [2.45, 2.75) is 30.6 Å². The number of hydrogen-bond acceptors (Lipinski definition) is 6. The van der Waals surface area contributed by atoms with Crippen molar-refractivity contribution in [3.05, 3.63) is 66.8 Å². The van der Waals surface area contributed by atoms with Crippen molar-refractivity contribution in [3.8, 4) is 0 Å². The van der Waals surface area contributed by atoms with Gasteiger partial charge in [-0.1, -0.05) is 54.6 Å². The van der Waals surface area contributed by atoms with E-state index in [4.69, 9.17) is 9.47 Å². The first-order chi connectivity index (χ1) is 17.5. The Morgan fingerprint density at radius 3 is 2.69 bits per heavy atom. The number of cyclic esters (lactones) is 1. The molecule has 2 amide bonds. The maximum atomic E-state index is 14.3. The van der Waals surface area contributed by atoms with Crippen molar-refractivity contribution in [2.75, 3.05) is 31.2 Å². The van der Waals surface area contributed by atoms with Crippen LogP contribution >= 0.6 is 0 Å². The molecule has 6 rings (SSSR count). The minimum atomic E-state index is -1.29. The zero-order valence-electron chi connectivity index (χ0n) is 19.8.